The van der Waals surface area contributed by atoms with Crippen LogP contribution in [0, 0.1) is 17.8 Å². The van der Waals surface area contributed by atoms with Crippen LogP contribution in [0.1, 0.15) is 44.1 Å². The predicted molar refractivity (Wildman–Crippen MR) is 130 cm³/mol. The molecule has 5 rings (SSSR count). The number of benzene rings is 1. The summed E-state index contributed by atoms with van der Waals surface area (Å²) < 4.78 is 11.8. The van der Waals surface area contributed by atoms with E-state index < -0.39 is 11.8 Å². The third-order valence-electron chi connectivity index (χ3n) is 7.58. The molecule has 1 aromatic carbocycles. The molecular weight excluding hydrogens is 446 g/mol. The van der Waals surface area contributed by atoms with Crippen molar-refractivity contribution in [1.29, 1.82) is 0 Å². The van der Waals surface area contributed by atoms with Gasteiger partial charge in [0.05, 0.1) is 36.8 Å². The van der Waals surface area contributed by atoms with Crippen molar-refractivity contribution in [2.45, 2.75) is 45.3 Å². The average molecular weight is 478 g/mol. The lowest BCUT2D eigenvalue weighted by atomic mass is 9.69. The summed E-state index contributed by atoms with van der Waals surface area (Å²) in [4.78, 5) is 28.0. The number of allylic oxidation sites excluding steroid dienone is 1. The molecule has 0 radical (unpaired) electrons. The highest BCUT2D eigenvalue weighted by Crippen LogP contribution is 2.50. The lowest BCUT2D eigenvalue weighted by Crippen LogP contribution is -2.35. The fourth-order valence-corrected chi connectivity index (χ4v) is 5.88. The van der Waals surface area contributed by atoms with E-state index in [4.69, 9.17) is 9.15 Å². The van der Waals surface area contributed by atoms with Crippen LogP contribution in [0.2, 0.25) is 0 Å². The zero-order valence-corrected chi connectivity index (χ0v) is 19.9. The summed E-state index contributed by atoms with van der Waals surface area (Å²) in [5.74, 6) is -0.187. The number of carbonyl (C=O) groups is 2. The summed E-state index contributed by atoms with van der Waals surface area (Å²) in [7, 11) is 0. The molecule has 3 heterocycles. The van der Waals surface area contributed by atoms with Gasteiger partial charge < -0.3 is 19.4 Å². The molecule has 2 saturated heterocycles. The Morgan fingerprint density at radius 3 is 2.54 bits per heavy atom. The van der Waals surface area contributed by atoms with Crippen molar-refractivity contribution in [1.82, 2.24) is 0 Å². The molecule has 0 unspecified atom stereocenters. The third-order valence-corrected chi connectivity index (χ3v) is 7.58. The third kappa shape index (κ3) is 4.29. The average Bonchev–Trinajstić information content (AvgIpc) is 3.58. The van der Waals surface area contributed by atoms with Crippen LogP contribution < -0.4 is 4.90 Å². The molecule has 1 aromatic heterocycles. The van der Waals surface area contributed by atoms with Crippen LogP contribution in [0.5, 0.6) is 0 Å². The summed E-state index contributed by atoms with van der Waals surface area (Å²) in [5, 5.41) is 19.4. The Kier molecular flexibility index (Phi) is 6.73. The first-order valence-electron chi connectivity index (χ1n) is 12.3. The van der Waals surface area contributed by atoms with E-state index in [1.807, 2.05) is 30.3 Å². The fraction of sp³-hybridized carbons (Fsp3) is 0.429. The van der Waals surface area contributed by atoms with E-state index in [9.17, 15) is 19.8 Å². The van der Waals surface area contributed by atoms with Crippen LogP contribution in [0.4, 0.5) is 5.69 Å². The van der Waals surface area contributed by atoms with E-state index in [-0.39, 0.29) is 37.0 Å². The smallest absolute Gasteiger partial charge is 0.238 e. The van der Waals surface area contributed by atoms with Crippen molar-refractivity contribution in [2.24, 2.45) is 17.8 Å². The lowest BCUT2D eigenvalue weighted by Gasteiger charge is -2.31. The monoisotopic (exact) mass is 477 g/mol. The number of para-hydroxylation sites is 1. The predicted octanol–water partition coefficient (Wildman–Crippen LogP) is 3.86. The van der Waals surface area contributed by atoms with Crippen LogP contribution in [0.25, 0.3) is 6.08 Å². The highest BCUT2D eigenvalue weighted by molar-refractivity contribution is 6.22. The Morgan fingerprint density at radius 1 is 1.06 bits per heavy atom. The quantitative estimate of drug-likeness (QED) is 0.442. The maximum Gasteiger partial charge on any atom is 0.238 e. The first-order valence-corrected chi connectivity index (χ1v) is 12.3. The number of aliphatic hydroxyl groups excluding tert-OH is 2. The Labute approximate surface area is 204 Å². The van der Waals surface area contributed by atoms with Gasteiger partial charge in [-0.05, 0) is 67.2 Å². The van der Waals surface area contributed by atoms with Crippen LogP contribution in [-0.4, -0.2) is 41.3 Å². The second-order valence-corrected chi connectivity index (χ2v) is 9.49. The number of imide groups is 1. The Balaban J connectivity index is 1.35. The minimum atomic E-state index is -0.452. The van der Waals surface area contributed by atoms with Gasteiger partial charge >= 0.3 is 0 Å². The van der Waals surface area contributed by atoms with Crippen LogP contribution >= 0.6 is 0 Å². The van der Waals surface area contributed by atoms with Gasteiger partial charge in [0.25, 0.3) is 0 Å². The number of hydrogen-bond acceptors (Lipinski definition) is 6. The summed E-state index contributed by atoms with van der Waals surface area (Å²) in [5.41, 5.74) is 3.65. The number of ether oxygens (including phenoxy) is 1. The molecule has 3 aliphatic rings. The molecule has 35 heavy (non-hydrogen) atoms. The molecular formula is C28H31NO6. The summed E-state index contributed by atoms with van der Waals surface area (Å²) in [6, 6.07) is 12.7. The van der Waals surface area contributed by atoms with Gasteiger partial charge in [0.2, 0.25) is 11.8 Å². The molecule has 7 heteroatoms. The van der Waals surface area contributed by atoms with Crippen molar-refractivity contribution >= 4 is 23.6 Å². The summed E-state index contributed by atoms with van der Waals surface area (Å²) >= 11 is 0. The maximum absolute atomic E-state index is 13.5. The second kappa shape index (κ2) is 9.93. The maximum atomic E-state index is 13.5. The zero-order chi connectivity index (χ0) is 24.5. The lowest BCUT2D eigenvalue weighted by molar-refractivity contribution is -0.122. The molecule has 2 aliphatic heterocycles. The Hall–Kier alpha value is -3.00. The van der Waals surface area contributed by atoms with Gasteiger partial charge in [-0.15, -0.1) is 0 Å². The van der Waals surface area contributed by atoms with E-state index in [0.29, 0.717) is 30.2 Å². The number of aliphatic hydroxyl groups is 2. The minimum absolute atomic E-state index is 0.129. The van der Waals surface area contributed by atoms with Crippen molar-refractivity contribution in [2.75, 3.05) is 18.1 Å². The van der Waals surface area contributed by atoms with Gasteiger partial charge in [-0.1, -0.05) is 30.7 Å². The van der Waals surface area contributed by atoms with Gasteiger partial charge in [-0.2, -0.15) is 0 Å². The summed E-state index contributed by atoms with van der Waals surface area (Å²) in [6.07, 6.45) is 4.57. The molecule has 2 N–H and O–H groups in total. The molecule has 0 spiro atoms. The molecule has 0 bridgehead atoms. The van der Waals surface area contributed by atoms with Crippen LogP contribution in [0.15, 0.2) is 63.6 Å². The van der Waals surface area contributed by atoms with E-state index >= 15 is 0 Å². The first kappa shape index (κ1) is 23.7. The number of amides is 2. The van der Waals surface area contributed by atoms with Crippen molar-refractivity contribution in [3.8, 4) is 0 Å². The molecule has 184 valence electrons. The Morgan fingerprint density at radius 2 is 1.86 bits per heavy atom. The van der Waals surface area contributed by atoms with Gasteiger partial charge in [0.1, 0.15) is 18.1 Å². The van der Waals surface area contributed by atoms with E-state index in [0.717, 1.165) is 30.4 Å². The summed E-state index contributed by atoms with van der Waals surface area (Å²) in [6.45, 7) is 2.21. The number of anilines is 1. The van der Waals surface area contributed by atoms with Crippen LogP contribution in [0.3, 0.4) is 0 Å². The number of hydrogen-bond donors (Lipinski definition) is 2. The number of rotatable bonds is 8. The molecule has 2 fully saturated rings. The molecule has 2 amide bonds. The zero-order valence-electron chi connectivity index (χ0n) is 19.9. The highest BCUT2D eigenvalue weighted by Gasteiger charge is 2.57. The van der Waals surface area contributed by atoms with E-state index in [1.165, 1.54) is 10.5 Å². The van der Waals surface area contributed by atoms with Crippen molar-refractivity contribution in [3.05, 3.63) is 70.7 Å². The standard InChI is InChI=1S/C28H31NO6/c1-2-17(12-20-9-10-21(15-31)35-20)8-11-24-25-18(14-30)13-22-26(23(25)16-34-24)28(33)29(27(22)32)19-6-4-3-5-7-19/h3-7,9-10,12,22-24,26,30-31H,2,8,11,13-16H2,1H3/b17-12+/t22-,23+,24-,26-/m1/s1. The van der Waals surface area contributed by atoms with Gasteiger partial charge in [0.15, 0.2) is 0 Å². The highest BCUT2D eigenvalue weighted by atomic mass is 16.5. The van der Waals surface area contributed by atoms with E-state index in [2.05, 4.69) is 6.92 Å². The van der Waals surface area contributed by atoms with Crippen molar-refractivity contribution < 1.29 is 29.0 Å². The topological polar surface area (TPSA) is 100 Å². The van der Waals surface area contributed by atoms with Gasteiger partial charge in [-0.25, -0.2) is 0 Å². The van der Waals surface area contributed by atoms with Crippen LogP contribution in [-0.2, 0) is 20.9 Å². The number of nitrogens with zero attached hydrogens (tertiary/aromatic N) is 1. The minimum Gasteiger partial charge on any atom is -0.459 e. The second-order valence-electron chi connectivity index (χ2n) is 9.49. The first-order chi connectivity index (χ1) is 17.0. The SMILES string of the molecule is CC/C(=C\c1ccc(CO)o1)CC[C@H]1OC[C@H]2C1=C(CO)C[C@H]1C(=O)N(c3ccccc3)C(=O)[C@H]12. The van der Waals surface area contributed by atoms with Gasteiger partial charge in [-0.3, -0.25) is 14.5 Å². The Bertz CT molecular complexity index is 1160. The largest absolute Gasteiger partial charge is 0.459 e. The number of fused-ring (bicyclic) bond motifs is 3. The fourth-order valence-electron chi connectivity index (χ4n) is 5.88. The number of furan rings is 1. The molecule has 7 nitrogen and oxygen atoms in total. The van der Waals surface area contributed by atoms with Gasteiger partial charge in [0, 0.05) is 5.92 Å². The molecule has 4 atom stereocenters. The number of carbonyl (C=O) groups excluding carboxylic acids is 2. The molecule has 0 saturated carbocycles. The molecule has 1 aliphatic carbocycles. The normalized spacial score (nSPS) is 26.5. The van der Waals surface area contributed by atoms with E-state index in [1.54, 1.807) is 18.2 Å². The molecule has 2 aromatic rings. The van der Waals surface area contributed by atoms with Crippen molar-refractivity contribution in [3.63, 3.8) is 0 Å².